The molecule has 4 nitrogen and oxygen atoms in total. The Morgan fingerprint density at radius 3 is 2.19 bits per heavy atom. The average molecular weight is 339 g/mol. The summed E-state index contributed by atoms with van der Waals surface area (Å²) < 4.78 is 5.80. The minimum atomic E-state index is 0.510. The van der Waals surface area contributed by atoms with Crippen molar-refractivity contribution in [1.29, 1.82) is 0 Å². The van der Waals surface area contributed by atoms with Crippen LogP contribution in [0.1, 0.15) is 12.6 Å². The number of benzene rings is 2. The molecule has 2 aromatic heterocycles. The number of rotatable bonds is 4. The molecule has 0 fully saturated rings. The van der Waals surface area contributed by atoms with Crippen LogP contribution in [-0.2, 0) is 0 Å². The molecule has 0 saturated carbocycles. The fourth-order valence-corrected chi connectivity index (χ4v) is 2.82. The van der Waals surface area contributed by atoms with Gasteiger partial charge in [-0.05, 0) is 18.1 Å². The van der Waals surface area contributed by atoms with E-state index in [-0.39, 0.29) is 0 Å². The van der Waals surface area contributed by atoms with Crippen LogP contribution >= 0.6 is 0 Å². The van der Waals surface area contributed by atoms with Crippen molar-refractivity contribution in [2.45, 2.75) is 6.92 Å². The fraction of sp³-hybridized carbons (Fsp3) is 0.0455. The Morgan fingerprint density at radius 1 is 0.923 bits per heavy atom. The molecule has 2 heterocycles. The van der Waals surface area contributed by atoms with Gasteiger partial charge in [0.05, 0.1) is 11.8 Å². The lowest BCUT2D eigenvalue weighted by Crippen LogP contribution is -1.96. The summed E-state index contributed by atoms with van der Waals surface area (Å²) in [6, 6.07) is 20.0. The molecule has 4 heteroatoms. The molecule has 0 atom stereocenters. The van der Waals surface area contributed by atoms with Crippen molar-refractivity contribution in [3.8, 4) is 33.8 Å². The smallest absolute Gasteiger partial charge is 0.229 e. The largest absolute Gasteiger partial charge is 0.444 e. The van der Waals surface area contributed by atoms with E-state index in [1.807, 2.05) is 67.6 Å². The predicted octanol–water partition coefficient (Wildman–Crippen LogP) is 5.50. The molecule has 26 heavy (non-hydrogen) atoms. The lowest BCUT2D eigenvalue weighted by molar-refractivity contribution is 0.574. The molecule has 0 aliphatic heterocycles. The maximum atomic E-state index is 5.80. The van der Waals surface area contributed by atoms with E-state index in [1.54, 1.807) is 12.5 Å². The summed E-state index contributed by atoms with van der Waals surface area (Å²) in [6.45, 7) is 5.85. The second-order valence-corrected chi connectivity index (χ2v) is 6.03. The van der Waals surface area contributed by atoms with Crippen molar-refractivity contribution in [2.24, 2.45) is 0 Å². The van der Waals surface area contributed by atoms with Crippen molar-refractivity contribution in [3.05, 3.63) is 85.4 Å². The van der Waals surface area contributed by atoms with E-state index in [4.69, 9.17) is 4.42 Å². The Bertz CT molecular complexity index is 995. The molecule has 0 aliphatic rings. The number of nitrogens with zero attached hydrogens (tertiary/aromatic N) is 3. The van der Waals surface area contributed by atoms with Gasteiger partial charge in [0, 0.05) is 11.1 Å². The second kappa shape index (κ2) is 6.76. The fourth-order valence-electron chi connectivity index (χ4n) is 2.82. The van der Waals surface area contributed by atoms with Gasteiger partial charge in [0.15, 0.2) is 0 Å². The number of hydrogen-bond acceptors (Lipinski definition) is 4. The van der Waals surface area contributed by atoms with Gasteiger partial charge in [-0.25, -0.2) is 4.98 Å². The lowest BCUT2D eigenvalue weighted by atomic mass is 9.97. The minimum absolute atomic E-state index is 0.510. The van der Waals surface area contributed by atoms with Crippen LogP contribution < -0.4 is 0 Å². The zero-order chi connectivity index (χ0) is 17.9. The molecule has 0 unspecified atom stereocenters. The molecule has 126 valence electrons. The van der Waals surface area contributed by atoms with Gasteiger partial charge in [-0.2, -0.15) is 5.10 Å². The molecular formula is C22H17N3O. The normalized spacial score (nSPS) is 10.7. The van der Waals surface area contributed by atoms with Crippen LogP contribution in [0.2, 0.25) is 0 Å². The summed E-state index contributed by atoms with van der Waals surface area (Å²) in [6.07, 6.45) is 3.38. The van der Waals surface area contributed by atoms with E-state index in [1.165, 1.54) is 0 Å². The van der Waals surface area contributed by atoms with Crippen LogP contribution in [0.4, 0.5) is 0 Å². The summed E-state index contributed by atoms with van der Waals surface area (Å²) in [5.74, 6) is 0.510. The first-order valence-electron chi connectivity index (χ1n) is 8.32. The molecule has 0 aliphatic carbocycles. The zero-order valence-corrected chi connectivity index (χ0v) is 14.4. The van der Waals surface area contributed by atoms with Crippen molar-refractivity contribution >= 4 is 5.57 Å². The van der Waals surface area contributed by atoms with Gasteiger partial charge < -0.3 is 4.42 Å². The SMILES string of the molecule is C=C(C)c1coc(-c2c(-c3ccccc3)cnnc2-c2ccccc2)n1. The van der Waals surface area contributed by atoms with Gasteiger partial charge in [0.1, 0.15) is 17.7 Å². The van der Waals surface area contributed by atoms with Crippen molar-refractivity contribution < 1.29 is 4.42 Å². The molecule has 2 aromatic carbocycles. The highest BCUT2D eigenvalue weighted by Crippen LogP contribution is 2.37. The van der Waals surface area contributed by atoms with Crippen LogP contribution in [0.25, 0.3) is 39.4 Å². The predicted molar refractivity (Wildman–Crippen MR) is 103 cm³/mol. The summed E-state index contributed by atoms with van der Waals surface area (Å²) in [7, 11) is 0. The highest BCUT2D eigenvalue weighted by atomic mass is 16.3. The van der Waals surface area contributed by atoms with E-state index in [2.05, 4.69) is 21.8 Å². The third-order valence-electron chi connectivity index (χ3n) is 4.14. The molecule has 4 rings (SSSR count). The van der Waals surface area contributed by atoms with E-state index >= 15 is 0 Å². The van der Waals surface area contributed by atoms with Crippen LogP contribution in [0.5, 0.6) is 0 Å². The highest BCUT2D eigenvalue weighted by molar-refractivity contribution is 5.89. The minimum Gasteiger partial charge on any atom is -0.444 e. The quantitative estimate of drug-likeness (QED) is 0.493. The molecular weight excluding hydrogens is 322 g/mol. The second-order valence-electron chi connectivity index (χ2n) is 6.03. The lowest BCUT2D eigenvalue weighted by Gasteiger charge is -2.11. The maximum Gasteiger partial charge on any atom is 0.229 e. The van der Waals surface area contributed by atoms with Crippen LogP contribution in [0.3, 0.4) is 0 Å². The van der Waals surface area contributed by atoms with Gasteiger partial charge >= 0.3 is 0 Å². The number of aromatic nitrogens is 3. The zero-order valence-electron chi connectivity index (χ0n) is 14.4. The van der Waals surface area contributed by atoms with Gasteiger partial charge in [0.25, 0.3) is 0 Å². The van der Waals surface area contributed by atoms with Gasteiger partial charge in [-0.1, -0.05) is 67.2 Å². The molecule has 0 spiro atoms. The van der Waals surface area contributed by atoms with Crippen molar-refractivity contribution in [2.75, 3.05) is 0 Å². The summed E-state index contributed by atoms with van der Waals surface area (Å²) in [5, 5.41) is 8.62. The number of oxazole rings is 1. The Balaban J connectivity index is 2.00. The Hall–Kier alpha value is -3.53. The first-order chi connectivity index (χ1) is 12.7. The first kappa shape index (κ1) is 16.0. The summed E-state index contributed by atoms with van der Waals surface area (Å²) in [4.78, 5) is 4.62. The van der Waals surface area contributed by atoms with E-state index in [0.717, 1.165) is 39.2 Å². The first-order valence-corrected chi connectivity index (χ1v) is 8.32. The Kier molecular flexibility index (Phi) is 4.15. The maximum absolute atomic E-state index is 5.80. The highest BCUT2D eigenvalue weighted by Gasteiger charge is 2.20. The monoisotopic (exact) mass is 339 g/mol. The third-order valence-corrected chi connectivity index (χ3v) is 4.14. The molecule has 0 bridgehead atoms. The van der Waals surface area contributed by atoms with E-state index < -0.39 is 0 Å². The van der Waals surface area contributed by atoms with Gasteiger partial charge in [0.2, 0.25) is 5.89 Å². The molecule has 0 saturated heterocycles. The topological polar surface area (TPSA) is 51.8 Å². The van der Waals surface area contributed by atoms with Crippen molar-refractivity contribution in [3.63, 3.8) is 0 Å². The molecule has 0 amide bonds. The number of hydrogen-bond donors (Lipinski definition) is 0. The number of allylic oxidation sites excluding steroid dienone is 1. The van der Waals surface area contributed by atoms with Crippen LogP contribution in [0, 0.1) is 0 Å². The van der Waals surface area contributed by atoms with Crippen molar-refractivity contribution in [1.82, 2.24) is 15.2 Å². The Labute approximate surface area is 151 Å². The van der Waals surface area contributed by atoms with Crippen LogP contribution in [-0.4, -0.2) is 15.2 Å². The van der Waals surface area contributed by atoms with E-state index in [0.29, 0.717) is 5.89 Å². The van der Waals surface area contributed by atoms with Crippen LogP contribution in [0.15, 0.2) is 84.1 Å². The summed E-state index contributed by atoms with van der Waals surface area (Å²) >= 11 is 0. The van der Waals surface area contributed by atoms with Gasteiger partial charge in [-0.15, -0.1) is 5.10 Å². The van der Waals surface area contributed by atoms with E-state index in [9.17, 15) is 0 Å². The molecule has 0 radical (unpaired) electrons. The average Bonchev–Trinajstić information content (AvgIpc) is 3.19. The molecule has 4 aromatic rings. The van der Waals surface area contributed by atoms with Gasteiger partial charge in [-0.3, -0.25) is 0 Å². The molecule has 0 N–H and O–H groups in total. The Morgan fingerprint density at radius 2 is 1.58 bits per heavy atom. The summed E-state index contributed by atoms with van der Waals surface area (Å²) in [5.41, 5.74) is 6.06. The third kappa shape index (κ3) is 2.93. The standard InChI is InChI=1S/C22H17N3O/c1-15(2)19-14-26-22(24-19)20-18(16-9-5-3-6-10-16)13-23-25-21(20)17-11-7-4-8-12-17/h3-14H,1H2,2H3.